The Kier molecular flexibility index (Phi) is 4.68. The Morgan fingerprint density at radius 2 is 1.92 bits per heavy atom. The molecule has 0 saturated heterocycles. The van der Waals surface area contributed by atoms with Crippen LogP contribution in [0.15, 0.2) is 28.7 Å². The lowest BCUT2D eigenvalue weighted by Crippen LogP contribution is -2.17. The Balaban J connectivity index is 2.65. The van der Waals surface area contributed by atoms with Crippen molar-refractivity contribution in [2.45, 2.75) is 2.83 Å². The summed E-state index contributed by atoms with van der Waals surface area (Å²) in [7, 11) is 0. The van der Waals surface area contributed by atoms with Crippen molar-refractivity contribution in [2.75, 3.05) is 5.32 Å². The number of amides is 1. The normalized spacial score (nSPS) is 12.2. The van der Waals surface area contributed by atoms with Crippen LogP contribution in [0.2, 0.25) is 0 Å². The number of benzene rings is 1. The van der Waals surface area contributed by atoms with Crippen LogP contribution in [-0.4, -0.2) is 8.74 Å². The summed E-state index contributed by atoms with van der Waals surface area (Å²) in [5.41, 5.74) is 0.800. The van der Waals surface area contributed by atoms with Crippen molar-refractivity contribution < 1.29 is 4.79 Å². The van der Waals surface area contributed by atoms with E-state index in [1.807, 2.05) is 46.9 Å². The van der Waals surface area contributed by atoms with Crippen molar-refractivity contribution in [2.24, 2.45) is 0 Å². The summed E-state index contributed by atoms with van der Waals surface area (Å²) in [5, 5.41) is 2.75. The molecule has 1 atom stereocenters. The van der Waals surface area contributed by atoms with E-state index in [1.54, 1.807) is 0 Å². The van der Waals surface area contributed by atoms with Gasteiger partial charge >= 0.3 is 0 Å². The van der Waals surface area contributed by atoms with Crippen molar-refractivity contribution in [3.63, 3.8) is 0 Å². The van der Waals surface area contributed by atoms with Gasteiger partial charge in [0.05, 0.1) is 0 Å². The van der Waals surface area contributed by atoms with E-state index in [1.165, 1.54) is 0 Å². The molecule has 0 radical (unpaired) electrons. The van der Waals surface area contributed by atoms with Gasteiger partial charge in [-0.05, 0) is 24.3 Å². The standard InChI is InChI=1S/C8H6Br2INO/c9-5-1-3-6(4-2-5)12-8(13)7(10)11/h1-4,7H,(H,12,13). The van der Waals surface area contributed by atoms with Gasteiger partial charge in [-0.25, -0.2) is 0 Å². The molecular formula is C8H6Br2INO. The Hall–Kier alpha value is 0.380. The molecule has 0 bridgehead atoms. The van der Waals surface area contributed by atoms with E-state index in [-0.39, 0.29) is 8.74 Å². The highest BCUT2D eigenvalue weighted by Gasteiger charge is 2.09. The molecule has 5 heteroatoms. The highest BCUT2D eigenvalue weighted by Crippen LogP contribution is 2.16. The van der Waals surface area contributed by atoms with Crippen molar-refractivity contribution in [1.29, 1.82) is 0 Å². The molecule has 0 heterocycles. The average molecular weight is 419 g/mol. The molecule has 1 N–H and O–H groups in total. The first-order valence-electron chi connectivity index (χ1n) is 3.44. The van der Waals surface area contributed by atoms with Gasteiger partial charge in [0, 0.05) is 10.2 Å². The van der Waals surface area contributed by atoms with E-state index < -0.39 is 0 Å². The molecule has 0 spiro atoms. The summed E-state index contributed by atoms with van der Waals surface area (Å²) in [5.74, 6) is -0.0528. The highest BCUT2D eigenvalue weighted by atomic mass is 127. The number of rotatable bonds is 2. The lowest BCUT2D eigenvalue weighted by molar-refractivity contribution is -0.114. The molecule has 0 aromatic heterocycles. The third kappa shape index (κ3) is 3.95. The molecule has 0 aliphatic carbocycles. The number of hydrogen-bond acceptors (Lipinski definition) is 1. The molecule has 0 saturated carbocycles. The second-order valence-electron chi connectivity index (χ2n) is 2.30. The van der Waals surface area contributed by atoms with E-state index in [4.69, 9.17) is 0 Å². The topological polar surface area (TPSA) is 29.1 Å². The first kappa shape index (κ1) is 11.5. The second kappa shape index (κ2) is 5.31. The predicted octanol–water partition coefficient (Wildman–Crippen LogP) is 3.54. The number of anilines is 1. The number of nitrogens with one attached hydrogen (secondary N) is 1. The van der Waals surface area contributed by atoms with Crippen molar-refractivity contribution >= 4 is 66.0 Å². The van der Waals surface area contributed by atoms with Crippen LogP contribution >= 0.6 is 54.5 Å². The molecular weight excluding hydrogens is 413 g/mol. The third-order valence-corrected chi connectivity index (χ3v) is 2.82. The highest BCUT2D eigenvalue weighted by molar-refractivity contribution is 14.1. The Morgan fingerprint density at radius 1 is 1.38 bits per heavy atom. The number of hydrogen-bond donors (Lipinski definition) is 1. The molecule has 0 aliphatic heterocycles. The van der Waals surface area contributed by atoms with Gasteiger partial charge in [0.25, 0.3) is 0 Å². The first-order chi connectivity index (χ1) is 6.09. The fraction of sp³-hybridized carbons (Fsp3) is 0.125. The van der Waals surface area contributed by atoms with E-state index in [0.717, 1.165) is 10.2 Å². The summed E-state index contributed by atoms with van der Waals surface area (Å²) >= 11 is 8.49. The maximum Gasteiger partial charge on any atom is 0.248 e. The number of halogens is 3. The van der Waals surface area contributed by atoms with Crippen molar-refractivity contribution in [3.8, 4) is 0 Å². The lowest BCUT2D eigenvalue weighted by atomic mass is 10.3. The SMILES string of the molecule is O=C(Nc1ccc(Br)cc1)C(Br)I. The van der Waals surface area contributed by atoms with Crippen molar-refractivity contribution in [1.82, 2.24) is 0 Å². The maximum atomic E-state index is 11.2. The van der Waals surface area contributed by atoms with Crippen LogP contribution in [0.3, 0.4) is 0 Å². The molecule has 2 nitrogen and oxygen atoms in total. The van der Waals surface area contributed by atoms with Crippen LogP contribution < -0.4 is 5.32 Å². The largest absolute Gasteiger partial charge is 0.324 e. The van der Waals surface area contributed by atoms with Crippen LogP contribution in [0, 0.1) is 0 Å². The van der Waals surface area contributed by atoms with Gasteiger partial charge in [0.1, 0.15) is 2.83 Å². The van der Waals surface area contributed by atoms with Crippen LogP contribution in [-0.2, 0) is 4.79 Å². The van der Waals surface area contributed by atoms with Gasteiger partial charge in [-0.15, -0.1) is 0 Å². The minimum Gasteiger partial charge on any atom is -0.324 e. The minimum atomic E-state index is -0.200. The Labute approximate surface area is 107 Å². The molecule has 1 rings (SSSR count). The molecule has 70 valence electrons. The number of carbonyl (C=O) groups excluding carboxylic acids is 1. The van der Waals surface area contributed by atoms with Crippen molar-refractivity contribution in [3.05, 3.63) is 28.7 Å². The molecule has 1 aromatic carbocycles. The fourth-order valence-electron chi connectivity index (χ4n) is 0.730. The van der Waals surface area contributed by atoms with Crippen LogP contribution in [0.5, 0.6) is 0 Å². The van der Waals surface area contributed by atoms with Gasteiger partial charge in [-0.2, -0.15) is 0 Å². The summed E-state index contributed by atoms with van der Waals surface area (Å²) in [6.07, 6.45) is 0. The summed E-state index contributed by atoms with van der Waals surface area (Å²) in [6, 6.07) is 7.44. The third-order valence-electron chi connectivity index (χ3n) is 1.31. The first-order valence-corrected chi connectivity index (χ1v) is 6.39. The Morgan fingerprint density at radius 3 is 2.38 bits per heavy atom. The van der Waals surface area contributed by atoms with Gasteiger partial charge < -0.3 is 5.32 Å². The van der Waals surface area contributed by atoms with Crippen LogP contribution in [0.25, 0.3) is 0 Å². The van der Waals surface area contributed by atoms with E-state index in [9.17, 15) is 4.79 Å². The van der Waals surface area contributed by atoms with Crippen LogP contribution in [0.1, 0.15) is 0 Å². The number of carbonyl (C=O) groups is 1. The zero-order chi connectivity index (χ0) is 9.84. The monoisotopic (exact) mass is 417 g/mol. The lowest BCUT2D eigenvalue weighted by Gasteiger charge is -2.05. The van der Waals surface area contributed by atoms with E-state index >= 15 is 0 Å². The molecule has 13 heavy (non-hydrogen) atoms. The smallest absolute Gasteiger partial charge is 0.248 e. The molecule has 1 aromatic rings. The molecule has 0 aliphatic rings. The van der Waals surface area contributed by atoms with Gasteiger partial charge in [0.2, 0.25) is 5.91 Å². The zero-order valence-electron chi connectivity index (χ0n) is 6.43. The van der Waals surface area contributed by atoms with Gasteiger partial charge in [-0.1, -0.05) is 54.5 Å². The minimum absolute atomic E-state index is 0.0528. The second-order valence-corrected chi connectivity index (χ2v) is 7.09. The fourth-order valence-corrected chi connectivity index (χ4v) is 1.26. The van der Waals surface area contributed by atoms with E-state index in [2.05, 4.69) is 37.2 Å². The quantitative estimate of drug-likeness (QED) is 0.577. The summed E-state index contributed by atoms with van der Waals surface area (Å²) < 4.78 is 0.795. The predicted molar refractivity (Wildman–Crippen MR) is 69.5 cm³/mol. The maximum absolute atomic E-state index is 11.2. The van der Waals surface area contributed by atoms with Crippen LogP contribution in [0.4, 0.5) is 5.69 Å². The Bertz CT molecular complexity index is 300. The molecule has 1 amide bonds. The number of alkyl halides is 2. The zero-order valence-corrected chi connectivity index (χ0v) is 11.8. The van der Waals surface area contributed by atoms with Gasteiger partial charge in [-0.3, -0.25) is 4.79 Å². The van der Waals surface area contributed by atoms with Gasteiger partial charge in [0.15, 0.2) is 0 Å². The molecule has 1 unspecified atom stereocenters. The van der Waals surface area contributed by atoms with E-state index in [0.29, 0.717) is 0 Å². The molecule has 0 fully saturated rings. The summed E-state index contributed by atoms with van der Waals surface area (Å²) in [6.45, 7) is 0. The average Bonchev–Trinajstić information content (AvgIpc) is 2.08. The summed E-state index contributed by atoms with van der Waals surface area (Å²) in [4.78, 5) is 11.2.